The molecule has 0 aliphatic carbocycles. The smallest absolute Gasteiger partial charge is 0.397 e. The van der Waals surface area contributed by atoms with Gasteiger partial charge in [-0.1, -0.05) is 35.9 Å². The topological polar surface area (TPSA) is 46.6 Å². The Kier molecular flexibility index (Phi) is 5.16. The number of carbonyl (C=O) groups excluding carboxylic acids is 2. The first kappa shape index (κ1) is 16.7. The number of carbonyl (C=O) groups is 2. The van der Waals surface area contributed by atoms with Crippen molar-refractivity contribution in [3.05, 3.63) is 59.2 Å². The molecule has 0 saturated heterocycles. The fourth-order valence-electron chi connectivity index (χ4n) is 2.73. The lowest BCUT2D eigenvalue weighted by molar-refractivity contribution is -0.152. The average Bonchev–Trinajstić information content (AvgIpc) is 2.51. The van der Waals surface area contributed by atoms with Gasteiger partial charge in [0.15, 0.2) is 0 Å². The normalized spacial score (nSPS) is 10.3. The summed E-state index contributed by atoms with van der Waals surface area (Å²) in [5, 5.41) is 0. The Morgan fingerprint density at radius 3 is 2.09 bits per heavy atom. The molecule has 23 heavy (non-hydrogen) atoms. The Morgan fingerprint density at radius 2 is 1.57 bits per heavy atom. The Labute approximate surface area is 136 Å². The molecular formula is C19H21NO3. The molecule has 0 aliphatic rings. The molecule has 0 fully saturated rings. The zero-order valence-corrected chi connectivity index (χ0v) is 13.9. The first-order valence-electron chi connectivity index (χ1n) is 7.59. The molecule has 0 saturated carbocycles. The summed E-state index contributed by atoms with van der Waals surface area (Å²) in [5.74, 6) is -1.54. The van der Waals surface area contributed by atoms with Gasteiger partial charge in [-0.15, -0.1) is 0 Å². The van der Waals surface area contributed by atoms with Crippen molar-refractivity contribution in [2.75, 3.05) is 11.5 Å². The molecule has 1 amide bonds. The lowest BCUT2D eigenvalue weighted by Gasteiger charge is -2.26. The van der Waals surface area contributed by atoms with Crippen LogP contribution in [-0.4, -0.2) is 18.5 Å². The number of rotatable bonds is 3. The highest BCUT2D eigenvalue weighted by molar-refractivity contribution is 6.40. The van der Waals surface area contributed by atoms with Crippen molar-refractivity contribution >= 4 is 23.3 Å². The molecule has 4 nitrogen and oxygen atoms in total. The third-order valence-electron chi connectivity index (χ3n) is 3.53. The van der Waals surface area contributed by atoms with Crippen LogP contribution in [0.15, 0.2) is 42.5 Å². The number of benzene rings is 2. The van der Waals surface area contributed by atoms with Crippen molar-refractivity contribution in [3.8, 4) is 0 Å². The van der Waals surface area contributed by atoms with Crippen LogP contribution in [0, 0.1) is 20.8 Å². The second-order valence-electron chi connectivity index (χ2n) is 5.44. The zero-order valence-electron chi connectivity index (χ0n) is 13.9. The summed E-state index contributed by atoms with van der Waals surface area (Å²) in [6.07, 6.45) is 0. The van der Waals surface area contributed by atoms with Gasteiger partial charge in [-0.2, -0.15) is 0 Å². The van der Waals surface area contributed by atoms with Crippen LogP contribution in [0.4, 0.5) is 11.4 Å². The van der Waals surface area contributed by atoms with Gasteiger partial charge in [-0.05, 0) is 51.0 Å². The lowest BCUT2D eigenvalue weighted by Crippen LogP contribution is -2.35. The number of nitrogens with zero attached hydrogens (tertiary/aromatic N) is 1. The highest BCUT2D eigenvalue weighted by Crippen LogP contribution is 2.32. The number of ether oxygens (including phenoxy) is 1. The van der Waals surface area contributed by atoms with E-state index in [4.69, 9.17) is 4.74 Å². The maximum absolute atomic E-state index is 12.7. The summed E-state index contributed by atoms with van der Waals surface area (Å²) >= 11 is 0. The van der Waals surface area contributed by atoms with E-state index in [-0.39, 0.29) is 6.61 Å². The fourth-order valence-corrected chi connectivity index (χ4v) is 2.73. The van der Waals surface area contributed by atoms with E-state index in [0.717, 1.165) is 22.4 Å². The average molecular weight is 311 g/mol. The molecule has 0 aliphatic heterocycles. The minimum atomic E-state index is -0.851. The quantitative estimate of drug-likeness (QED) is 0.639. The first-order chi connectivity index (χ1) is 11.0. The fraction of sp³-hybridized carbons (Fsp3) is 0.263. The van der Waals surface area contributed by atoms with Crippen molar-refractivity contribution in [1.82, 2.24) is 0 Å². The molecular weight excluding hydrogens is 290 g/mol. The van der Waals surface area contributed by atoms with Crippen molar-refractivity contribution in [1.29, 1.82) is 0 Å². The SMILES string of the molecule is CCOC(=O)C(=O)N(c1ccccc1)c1c(C)cc(C)cc1C. The van der Waals surface area contributed by atoms with Gasteiger partial charge in [-0.25, -0.2) is 4.79 Å². The molecule has 0 spiro atoms. The molecule has 0 bridgehead atoms. The lowest BCUT2D eigenvalue weighted by atomic mass is 10.0. The van der Waals surface area contributed by atoms with Gasteiger partial charge in [0.2, 0.25) is 0 Å². The highest BCUT2D eigenvalue weighted by Gasteiger charge is 2.28. The van der Waals surface area contributed by atoms with Crippen LogP contribution in [0.2, 0.25) is 0 Å². The zero-order chi connectivity index (χ0) is 17.0. The maximum Gasteiger partial charge on any atom is 0.397 e. The van der Waals surface area contributed by atoms with E-state index in [2.05, 4.69) is 0 Å². The highest BCUT2D eigenvalue weighted by atomic mass is 16.5. The second kappa shape index (κ2) is 7.09. The van der Waals surface area contributed by atoms with Gasteiger partial charge in [-0.3, -0.25) is 9.69 Å². The largest absolute Gasteiger partial charge is 0.459 e. The summed E-state index contributed by atoms with van der Waals surface area (Å²) in [4.78, 5) is 26.1. The Balaban J connectivity index is 2.60. The van der Waals surface area contributed by atoms with Crippen LogP contribution in [0.5, 0.6) is 0 Å². The number of anilines is 2. The summed E-state index contributed by atoms with van der Waals surface area (Å²) in [7, 11) is 0. The standard InChI is InChI=1S/C19H21NO3/c1-5-23-19(22)18(21)20(16-9-7-6-8-10-16)17-14(3)11-13(2)12-15(17)4/h6-12H,5H2,1-4H3. The van der Waals surface area contributed by atoms with Crippen LogP contribution >= 0.6 is 0 Å². The van der Waals surface area contributed by atoms with Crippen LogP contribution in [0.1, 0.15) is 23.6 Å². The first-order valence-corrected chi connectivity index (χ1v) is 7.59. The summed E-state index contributed by atoms with van der Waals surface area (Å²) < 4.78 is 4.90. The monoisotopic (exact) mass is 311 g/mol. The number of hydrogen-bond acceptors (Lipinski definition) is 3. The van der Waals surface area contributed by atoms with E-state index in [9.17, 15) is 9.59 Å². The second-order valence-corrected chi connectivity index (χ2v) is 5.44. The molecule has 0 atom stereocenters. The third kappa shape index (κ3) is 3.59. The van der Waals surface area contributed by atoms with Crippen LogP contribution in [0.25, 0.3) is 0 Å². The Morgan fingerprint density at radius 1 is 1.00 bits per heavy atom. The molecule has 2 rings (SSSR count). The van der Waals surface area contributed by atoms with Crippen molar-refractivity contribution in [2.24, 2.45) is 0 Å². The van der Waals surface area contributed by atoms with Crippen LogP contribution in [-0.2, 0) is 14.3 Å². The molecule has 0 radical (unpaired) electrons. The van der Waals surface area contributed by atoms with Crippen LogP contribution < -0.4 is 4.90 Å². The number of hydrogen-bond donors (Lipinski definition) is 0. The molecule has 2 aromatic rings. The minimum absolute atomic E-state index is 0.166. The molecule has 0 N–H and O–H groups in total. The predicted octanol–water partition coefficient (Wildman–Crippen LogP) is 3.84. The molecule has 2 aromatic carbocycles. The molecule has 0 heterocycles. The van der Waals surface area contributed by atoms with E-state index in [0.29, 0.717) is 5.69 Å². The summed E-state index contributed by atoms with van der Waals surface area (Å²) in [5.41, 5.74) is 4.34. The van der Waals surface area contributed by atoms with Gasteiger partial charge >= 0.3 is 11.9 Å². The van der Waals surface area contributed by atoms with Crippen molar-refractivity contribution < 1.29 is 14.3 Å². The van der Waals surface area contributed by atoms with E-state index >= 15 is 0 Å². The van der Waals surface area contributed by atoms with Crippen molar-refractivity contribution in [3.63, 3.8) is 0 Å². The molecule has 0 unspecified atom stereocenters. The molecule has 0 aromatic heterocycles. The van der Waals surface area contributed by atoms with Gasteiger partial charge in [0.25, 0.3) is 0 Å². The van der Waals surface area contributed by atoms with E-state index in [1.54, 1.807) is 19.1 Å². The Hall–Kier alpha value is -2.62. The van der Waals surface area contributed by atoms with Gasteiger partial charge in [0, 0.05) is 5.69 Å². The number of para-hydroxylation sites is 1. The number of amides is 1. The summed E-state index contributed by atoms with van der Waals surface area (Å²) in [6, 6.07) is 13.1. The summed E-state index contributed by atoms with van der Waals surface area (Å²) in [6.45, 7) is 7.72. The van der Waals surface area contributed by atoms with Crippen molar-refractivity contribution in [2.45, 2.75) is 27.7 Å². The Bertz CT molecular complexity index is 700. The predicted molar refractivity (Wildman–Crippen MR) is 90.9 cm³/mol. The van der Waals surface area contributed by atoms with Gasteiger partial charge in [0.1, 0.15) is 0 Å². The minimum Gasteiger partial charge on any atom is -0.459 e. The molecule has 4 heteroatoms. The van der Waals surface area contributed by atoms with E-state index in [1.165, 1.54) is 4.90 Å². The number of aryl methyl sites for hydroxylation is 3. The number of esters is 1. The van der Waals surface area contributed by atoms with Crippen LogP contribution in [0.3, 0.4) is 0 Å². The third-order valence-corrected chi connectivity index (χ3v) is 3.53. The molecule has 120 valence electrons. The van der Waals surface area contributed by atoms with Gasteiger partial charge in [0.05, 0.1) is 12.3 Å². The van der Waals surface area contributed by atoms with Gasteiger partial charge < -0.3 is 4.74 Å². The van der Waals surface area contributed by atoms with E-state index < -0.39 is 11.9 Å². The van der Waals surface area contributed by atoms with E-state index in [1.807, 2.05) is 51.1 Å². The maximum atomic E-state index is 12.7.